The fourth-order valence-electron chi connectivity index (χ4n) is 1.58. The van der Waals surface area contributed by atoms with E-state index in [0.717, 1.165) is 5.75 Å². The van der Waals surface area contributed by atoms with E-state index >= 15 is 0 Å². The van der Waals surface area contributed by atoms with Gasteiger partial charge in [-0.3, -0.25) is 4.79 Å². The number of aliphatic carboxylic acids is 1. The van der Waals surface area contributed by atoms with Crippen LogP contribution in [0.4, 0.5) is 0 Å². The summed E-state index contributed by atoms with van der Waals surface area (Å²) in [5, 5.41) is 9.01. The normalized spacial score (nSPS) is 12.3. The molecule has 0 aliphatic rings. The van der Waals surface area contributed by atoms with E-state index in [9.17, 15) is 4.79 Å². The van der Waals surface area contributed by atoms with Crippen molar-refractivity contribution in [2.24, 2.45) is 5.41 Å². The first-order valence-corrected chi connectivity index (χ1v) is 6.60. The van der Waals surface area contributed by atoms with Gasteiger partial charge in [0.25, 0.3) is 0 Å². The van der Waals surface area contributed by atoms with Gasteiger partial charge in [0.2, 0.25) is 0 Å². The zero-order valence-electron chi connectivity index (χ0n) is 12.5. The van der Waals surface area contributed by atoms with Gasteiger partial charge in [0, 0.05) is 0 Å². The lowest BCUT2D eigenvalue weighted by molar-refractivity contribution is -0.147. The second-order valence-electron chi connectivity index (χ2n) is 6.56. The highest BCUT2D eigenvalue weighted by Crippen LogP contribution is 2.25. The largest absolute Gasteiger partial charge is 0.494 e. The monoisotopic (exact) mass is 264 g/mol. The number of carboxylic acids is 1. The molecule has 0 bridgehead atoms. The molecule has 0 aliphatic carbocycles. The Kier molecular flexibility index (Phi) is 4.61. The average molecular weight is 264 g/mol. The van der Waals surface area contributed by atoms with E-state index in [4.69, 9.17) is 9.84 Å². The number of ether oxygens (including phenoxy) is 1. The van der Waals surface area contributed by atoms with Gasteiger partial charge in [0.05, 0.1) is 12.0 Å². The van der Waals surface area contributed by atoms with Crippen LogP contribution in [0.1, 0.15) is 46.6 Å². The summed E-state index contributed by atoms with van der Waals surface area (Å²) in [6.07, 6.45) is 0.489. The highest BCUT2D eigenvalue weighted by molar-refractivity contribution is 5.73. The third kappa shape index (κ3) is 4.58. The van der Waals surface area contributed by atoms with Gasteiger partial charge >= 0.3 is 5.97 Å². The molecule has 1 aromatic rings. The summed E-state index contributed by atoms with van der Waals surface area (Å²) in [7, 11) is 0. The third-order valence-corrected chi connectivity index (χ3v) is 3.30. The fourth-order valence-corrected chi connectivity index (χ4v) is 1.58. The number of carboxylic acid groups (broad SMARTS) is 1. The van der Waals surface area contributed by atoms with Gasteiger partial charge in [-0.2, -0.15) is 0 Å². The number of hydrogen-bond acceptors (Lipinski definition) is 2. The molecule has 0 radical (unpaired) electrons. The first kappa shape index (κ1) is 15.5. The van der Waals surface area contributed by atoms with Gasteiger partial charge < -0.3 is 9.84 Å². The molecule has 19 heavy (non-hydrogen) atoms. The van der Waals surface area contributed by atoms with Crippen molar-refractivity contribution in [3.63, 3.8) is 0 Å². The van der Waals surface area contributed by atoms with Crippen LogP contribution in [0.15, 0.2) is 24.3 Å². The van der Waals surface area contributed by atoms with E-state index < -0.39 is 11.4 Å². The fraction of sp³-hybridized carbons (Fsp3) is 0.562. The molecular formula is C16H24O3. The molecule has 0 saturated carbocycles. The second kappa shape index (κ2) is 5.64. The van der Waals surface area contributed by atoms with Crippen LogP contribution in [0.3, 0.4) is 0 Å². The number of carbonyl (C=O) groups is 1. The minimum absolute atomic E-state index is 0.129. The predicted molar refractivity (Wildman–Crippen MR) is 76.7 cm³/mol. The Labute approximate surface area is 115 Å². The van der Waals surface area contributed by atoms with Crippen molar-refractivity contribution < 1.29 is 14.6 Å². The molecule has 0 unspecified atom stereocenters. The SMILES string of the molecule is CC(C)(CCOc1ccc(C(C)(C)C)cc1)C(=O)O. The van der Waals surface area contributed by atoms with E-state index in [-0.39, 0.29) is 5.41 Å². The summed E-state index contributed by atoms with van der Waals surface area (Å²) in [5.41, 5.74) is 0.639. The zero-order valence-corrected chi connectivity index (χ0v) is 12.5. The van der Waals surface area contributed by atoms with E-state index in [1.165, 1.54) is 5.56 Å². The van der Waals surface area contributed by atoms with Crippen molar-refractivity contribution in [2.45, 2.75) is 46.5 Å². The predicted octanol–water partition coefficient (Wildman–Crippen LogP) is 3.86. The van der Waals surface area contributed by atoms with Gasteiger partial charge in [0.15, 0.2) is 0 Å². The Morgan fingerprint density at radius 3 is 2.05 bits per heavy atom. The summed E-state index contributed by atoms with van der Waals surface area (Å²) >= 11 is 0. The van der Waals surface area contributed by atoms with Crippen LogP contribution in [-0.4, -0.2) is 17.7 Å². The van der Waals surface area contributed by atoms with Crippen LogP contribution in [0.25, 0.3) is 0 Å². The Morgan fingerprint density at radius 2 is 1.63 bits per heavy atom. The zero-order chi connectivity index (χ0) is 14.7. The summed E-state index contributed by atoms with van der Waals surface area (Å²) in [5.74, 6) is -0.00614. The van der Waals surface area contributed by atoms with Crippen LogP contribution >= 0.6 is 0 Å². The molecule has 1 rings (SSSR count). The first-order chi connectivity index (χ1) is 8.63. The van der Waals surface area contributed by atoms with Crippen LogP contribution in [-0.2, 0) is 10.2 Å². The molecule has 0 amide bonds. The molecule has 0 spiro atoms. The van der Waals surface area contributed by atoms with Gasteiger partial charge in [-0.05, 0) is 43.4 Å². The topological polar surface area (TPSA) is 46.5 Å². The molecule has 0 aliphatic heterocycles. The summed E-state index contributed by atoms with van der Waals surface area (Å²) in [4.78, 5) is 11.0. The van der Waals surface area contributed by atoms with Crippen molar-refractivity contribution in [3.05, 3.63) is 29.8 Å². The summed E-state index contributed by atoms with van der Waals surface area (Å²) in [6, 6.07) is 7.98. The molecular weight excluding hydrogens is 240 g/mol. The highest BCUT2D eigenvalue weighted by atomic mass is 16.5. The van der Waals surface area contributed by atoms with Crippen molar-refractivity contribution in [3.8, 4) is 5.75 Å². The lowest BCUT2D eigenvalue weighted by Gasteiger charge is -2.20. The lowest BCUT2D eigenvalue weighted by Crippen LogP contribution is -2.25. The number of rotatable bonds is 5. The molecule has 0 atom stereocenters. The summed E-state index contributed by atoms with van der Waals surface area (Å²) in [6.45, 7) is 10.3. The van der Waals surface area contributed by atoms with Crippen LogP contribution in [0.5, 0.6) is 5.75 Å². The van der Waals surface area contributed by atoms with E-state index in [1.807, 2.05) is 12.1 Å². The van der Waals surface area contributed by atoms with Gasteiger partial charge in [-0.25, -0.2) is 0 Å². The van der Waals surface area contributed by atoms with Crippen molar-refractivity contribution in [2.75, 3.05) is 6.61 Å². The molecule has 106 valence electrons. The van der Waals surface area contributed by atoms with E-state index in [2.05, 4.69) is 32.9 Å². The minimum atomic E-state index is -0.792. The van der Waals surface area contributed by atoms with Crippen LogP contribution < -0.4 is 4.74 Å². The van der Waals surface area contributed by atoms with Crippen molar-refractivity contribution >= 4 is 5.97 Å². The quantitative estimate of drug-likeness (QED) is 0.878. The van der Waals surface area contributed by atoms with Crippen molar-refractivity contribution in [1.29, 1.82) is 0 Å². The molecule has 3 nitrogen and oxygen atoms in total. The standard InChI is InChI=1S/C16H24O3/c1-15(2,3)12-6-8-13(9-7-12)19-11-10-16(4,5)14(17)18/h6-9H,10-11H2,1-5H3,(H,17,18). The Hall–Kier alpha value is -1.51. The maximum absolute atomic E-state index is 11.0. The van der Waals surface area contributed by atoms with E-state index in [1.54, 1.807) is 13.8 Å². The first-order valence-electron chi connectivity index (χ1n) is 6.60. The Balaban J connectivity index is 2.54. The van der Waals surface area contributed by atoms with Gasteiger partial charge in [-0.1, -0.05) is 32.9 Å². The van der Waals surface area contributed by atoms with Crippen molar-refractivity contribution in [1.82, 2.24) is 0 Å². The smallest absolute Gasteiger partial charge is 0.309 e. The molecule has 1 aromatic carbocycles. The highest BCUT2D eigenvalue weighted by Gasteiger charge is 2.26. The maximum atomic E-state index is 11.0. The Bertz CT molecular complexity index is 424. The van der Waals surface area contributed by atoms with Gasteiger partial charge in [-0.15, -0.1) is 0 Å². The number of benzene rings is 1. The van der Waals surface area contributed by atoms with Gasteiger partial charge in [0.1, 0.15) is 5.75 Å². The molecule has 3 heteroatoms. The van der Waals surface area contributed by atoms with E-state index in [0.29, 0.717) is 13.0 Å². The number of hydrogen-bond donors (Lipinski definition) is 1. The third-order valence-electron chi connectivity index (χ3n) is 3.30. The minimum Gasteiger partial charge on any atom is -0.494 e. The van der Waals surface area contributed by atoms with Crippen LogP contribution in [0.2, 0.25) is 0 Å². The molecule has 0 aromatic heterocycles. The molecule has 0 saturated heterocycles. The second-order valence-corrected chi connectivity index (χ2v) is 6.56. The van der Waals surface area contributed by atoms with Crippen LogP contribution in [0, 0.1) is 5.41 Å². The maximum Gasteiger partial charge on any atom is 0.309 e. The molecule has 0 fully saturated rings. The lowest BCUT2D eigenvalue weighted by atomic mass is 9.87. The average Bonchev–Trinajstić information content (AvgIpc) is 2.28. The molecule has 1 N–H and O–H groups in total. The Morgan fingerprint density at radius 1 is 1.11 bits per heavy atom. The molecule has 0 heterocycles. The summed E-state index contributed by atoms with van der Waals surface area (Å²) < 4.78 is 5.60.